The van der Waals surface area contributed by atoms with E-state index in [9.17, 15) is 9.18 Å². The van der Waals surface area contributed by atoms with Crippen LogP contribution in [-0.4, -0.2) is 34.7 Å². The van der Waals surface area contributed by atoms with Crippen LogP contribution in [0.5, 0.6) is 5.75 Å². The number of para-hydroxylation sites is 1. The highest BCUT2D eigenvalue weighted by molar-refractivity contribution is 5.95. The summed E-state index contributed by atoms with van der Waals surface area (Å²) >= 11 is 0. The Hall–Kier alpha value is -3.15. The number of nitrogens with zero attached hydrogens (tertiary/aromatic N) is 3. The molecule has 0 aliphatic rings. The van der Waals surface area contributed by atoms with Gasteiger partial charge in [0.15, 0.2) is 0 Å². The van der Waals surface area contributed by atoms with E-state index in [0.717, 1.165) is 22.7 Å². The van der Waals surface area contributed by atoms with Gasteiger partial charge < -0.3 is 9.64 Å². The molecule has 3 aromatic rings. The third kappa shape index (κ3) is 3.91. The Labute approximate surface area is 164 Å². The van der Waals surface area contributed by atoms with Crippen LogP contribution in [0.2, 0.25) is 0 Å². The zero-order valence-electron chi connectivity index (χ0n) is 16.5. The average Bonchev–Trinajstić information content (AvgIpc) is 3.13. The van der Waals surface area contributed by atoms with Gasteiger partial charge in [-0.15, -0.1) is 0 Å². The summed E-state index contributed by atoms with van der Waals surface area (Å²) in [5, 5.41) is 4.40. The van der Waals surface area contributed by atoms with E-state index < -0.39 is 0 Å². The Morgan fingerprint density at radius 1 is 1.18 bits per heavy atom. The van der Waals surface area contributed by atoms with E-state index in [4.69, 9.17) is 4.74 Å². The van der Waals surface area contributed by atoms with E-state index >= 15 is 0 Å². The minimum Gasteiger partial charge on any atom is -0.496 e. The van der Waals surface area contributed by atoms with Crippen molar-refractivity contribution < 1.29 is 13.9 Å². The molecule has 1 heterocycles. The van der Waals surface area contributed by atoms with E-state index in [-0.39, 0.29) is 17.6 Å². The Bertz CT molecular complexity index is 964. The van der Waals surface area contributed by atoms with Crippen LogP contribution >= 0.6 is 0 Å². The minimum absolute atomic E-state index is 0.0613. The summed E-state index contributed by atoms with van der Waals surface area (Å²) in [6.07, 6.45) is 1.58. The molecule has 0 aliphatic carbocycles. The summed E-state index contributed by atoms with van der Waals surface area (Å²) in [6, 6.07) is 13.7. The highest BCUT2D eigenvalue weighted by Crippen LogP contribution is 2.25. The number of methoxy groups -OCH3 is 1. The van der Waals surface area contributed by atoms with Crippen LogP contribution < -0.4 is 4.74 Å². The van der Waals surface area contributed by atoms with Gasteiger partial charge in [0.25, 0.3) is 5.91 Å². The van der Waals surface area contributed by atoms with Crippen molar-refractivity contribution in [3.8, 4) is 11.4 Å². The number of hydrogen-bond acceptors (Lipinski definition) is 3. The smallest absolute Gasteiger partial charge is 0.257 e. The average molecular weight is 381 g/mol. The summed E-state index contributed by atoms with van der Waals surface area (Å²) in [5.41, 5.74) is 2.98. The summed E-state index contributed by atoms with van der Waals surface area (Å²) in [6.45, 7) is 4.43. The van der Waals surface area contributed by atoms with Gasteiger partial charge >= 0.3 is 0 Å². The first-order chi connectivity index (χ1) is 13.4. The third-order valence-electron chi connectivity index (χ3n) is 4.60. The first kappa shape index (κ1) is 19.6. The third-order valence-corrected chi connectivity index (χ3v) is 4.60. The number of aromatic nitrogens is 2. The van der Waals surface area contributed by atoms with Crippen molar-refractivity contribution in [3.05, 3.63) is 77.4 Å². The number of amides is 1. The fourth-order valence-electron chi connectivity index (χ4n) is 3.23. The molecule has 0 bridgehead atoms. The van der Waals surface area contributed by atoms with Crippen molar-refractivity contribution in [1.82, 2.24) is 14.7 Å². The van der Waals surface area contributed by atoms with Gasteiger partial charge in [0.05, 0.1) is 30.3 Å². The second-order valence-electron chi connectivity index (χ2n) is 6.96. The lowest BCUT2D eigenvalue weighted by Crippen LogP contribution is -2.27. The molecule has 6 heteroatoms. The van der Waals surface area contributed by atoms with Gasteiger partial charge in [-0.2, -0.15) is 5.10 Å². The monoisotopic (exact) mass is 381 g/mol. The number of ether oxygens (including phenoxy) is 1. The number of carbonyl (C=O) groups is 1. The first-order valence-electron chi connectivity index (χ1n) is 9.13. The highest BCUT2D eigenvalue weighted by atomic mass is 19.1. The second kappa shape index (κ2) is 8.25. The number of benzene rings is 2. The molecule has 1 amide bonds. The fraction of sp³-hybridized carbons (Fsp3) is 0.273. The van der Waals surface area contributed by atoms with E-state index in [1.165, 1.54) is 12.1 Å². The number of halogens is 1. The van der Waals surface area contributed by atoms with Crippen molar-refractivity contribution in [2.45, 2.75) is 26.3 Å². The number of hydrogen-bond donors (Lipinski definition) is 0. The predicted octanol–water partition coefficient (Wildman–Crippen LogP) is 4.42. The maximum atomic E-state index is 13.3. The molecule has 0 unspecified atom stereocenters. The van der Waals surface area contributed by atoms with Crippen LogP contribution in [0.1, 0.15) is 41.4 Å². The van der Waals surface area contributed by atoms with Crippen molar-refractivity contribution in [1.29, 1.82) is 0 Å². The van der Waals surface area contributed by atoms with E-state index in [0.29, 0.717) is 12.1 Å². The van der Waals surface area contributed by atoms with Crippen LogP contribution in [0.25, 0.3) is 5.69 Å². The SMILES string of the molecule is COc1ccccc1CN(C)C(=O)c1cnn(-c2ccc(F)cc2)c1C(C)C. The topological polar surface area (TPSA) is 47.4 Å². The molecule has 0 N–H and O–H groups in total. The van der Waals surface area contributed by atoms with Crippen LogP contribution in [-0.2, 0) is 6.54 Å². The molecule has 3 rings (SSSR count). The van der Waals surface area contributed by atoms with Crippen molar-refractivity contribution >= 4 is 5.91 Å². The van der Waals surface area contributed by atoms with Gasteiger partial charge in [-0.1, -0.05) is 32.0 Å². The summed E-state index contributed by atoms with van der Waals surface area (Å²) < 4.78 is 20.4. The number of rotatable bonds is 6. The van der Waals surface area contributed by atoms with Crippen molar-refractivity contribution in [3.63, 3.8) is 0 Å². The Morgan fingerprint density at radius 2 is 1.86 bits per heavy atom. The Morgan fingerprint density at radius 3 is 2.50 bits per heavy atom. The van der Waals surface area contributed by atoms with Gasteiger partial charge in [-0.25, -0.2) is 9.07 Å². The summed E-state index contributed by atoms with van der Waals surface area (Å²) in [4.78, 5) is 14.8. The van der Waals surface area contributed by atoms with Crippen molar-refractivity contribution in [2.24, 2.45) is 0 Å². The lowest BCUT2D eigenvalue weighted by molar-refractivity contribution is 0.0782. The molecule has 0 fully saturated rings. The molecule has 28 heavy (non-hydrogen) atoms. The lowest BCUT2D eigenvalue weighted by Gasteiger charge is -2.20. The van der Waals surface area contributed by atoms with E-state index in [2.05, 4.69) is 5.10 Å². The molecule has 0 spiro atoms. The predicted molar refractivity (Wildman–Crippen MR) is 106 cm³/mol. The van der Waals surface area contributed by atoms with Gasteiger partial charge in [0, 0.05) is 19.2 Å². The number of carbonyl (C=O) groups excluding carboxylic acids is 1. The highest BCUT2D eigenvalue weighted by Gasteiger charge is 2.24. The molecule has 1 aromatic heterocycles. The molecule has 146 valence electrons. The minimum atomic E-state index is -0.310. The zero-order valence-corrected chi connectivity index (χ0v) is 16.5. The van der Waals surface area contributed by atoms with Crippen LogP contribution in [0.3, 0.4) is 0 Å². The molecular weight excluding hydrogens is 357 g/mol. The van der Waals surface area contributed by atoms with Crippen LogP contribution in [0, 0.1) is 5.82 Å². The second-order valence-corrected chi connectivity index (χ2v) is 6.96. The molecule has 0 saturated carbocycles. The van der Waals surface area contributed by atoms with Crippen LogP contribution in [0.15, 0.2) is 54.7 Å². The van der Waals surface area contributed by atoms with Gasteiger partial charge in [-0.05, 0) is 36.2 Å². The molecule has 0 radical (unpaired) electrons. The molecule has 2 aromatic carbocycles. The van der Waals surface area contributed by atoms with Crippen LogP contribution in [0.4, 0.5) is 4.39 Å². The maximum absolute atomic E-state index is 13.3. The molecule has 5 nitrogen and oxygen atoms in total. The lowest BCUT2D eigenvalue weighted by atomic mass is 10.0. The molecular formula is C22H24FN3O2. The van der Waals surface area contributed by atoms with Gasteiger partial charge in [-0.3, -0.25) is 4.79 Å². The quantitative estimate of drug-likeness (QED) is 0.635. The zero-order chi connectivity index (χ0) is 20.3. The maximum Gasteiger partial charge on any atom is 0.257 e. The normalized spacial score (nSPS) is 10.9. The summed E-state index contributed by atoms with van der Waals surface area (Å²) in [5.74, 6) is 0.372. The first-order valence-corrected chi connectivity index (χ1v) is 9.13. The van der Waals surface area contributed by atoms with Crippen molar-refractivity contribution in [2.75, 3.05) is 14.2 Å². The molecule has 0 aliphatic heterocycles. The summed E-state index contributed by atoms with van der Waals surface area (Å²) in [7, 11) is 3.37. The van der Waals surface area contributed by atoms with E-state index in [1.54, 1.807) is 42.1 Å². The largest absolute Gasteiger partial charge is 0.496 e. The Balaban J connectivity index is 1.92. The standard InChI is InChI=1S/C22H24FN3O2/c1-15(2)21-19(13-24-26(21)18-11-9-17(23)10-12-18)22(27)25(3)14-16-7-5-6-8-20(16)28-4/h5-13,15H,14H2,1-4H3. The fourth-order valence-corrected chi connectivity index (χ4v) is 3.23. The van der Waals surface area contributed by atoms with E-state index in [1.807, 2.05) is 38.1 Å². The Kier molecular flexibility index (Phi) is 5.78. The molecule has 0 atom stereocenters. The van der Waals surface area contributed by atoms with Gasteiger partial charge in [0.2, 0.25) is 0 Å². The molecule has 0 saturated heterocycles. The van der Waals surface area contributed by atoms with Gasteiger partial charge in [0.1, 0.15) is 11.6 Å².